The summed E-state index contributed by atoms with van der Waals surface area (Å²) in [6, 6.07) is 4.89. The fourth-order valence-electron chi connectivity index (χ4n) is 3.11. The van der Waals surface area contributed by atoms with Gasteiger partial charge in [0.25, 0.3) is 0 Å². The maximum atomic E-state index is 4.09. The third-order valence-corrected chi connectivity index (χ3v) is 4.23. The molecule has 0 spiro atoms. The molecule has 1 aliphatic rings. The van der Waals surface area contributed by atoms with E-state index >= 15 is 0 Å². The molecule has 18 heavy (non-hydrogen) atoms. The second kappa shape index (κ2) is 7.52. The topological polar surface area (TPSA) is 24.9 Å². The molecule has 1 fully saturated rings. The van der Waals surface area contributed by atoms with Gasteiger partial charge in [0, 0.05) is 18.4 Å². The van der Waals surface area contributed by atoms with Crippen LogP contribution >= 0.6 is 0 Å². The molecule has 1 unspecified atom stereocenters. The van der Waals surface area contributed by atoms with Crippen LogP contribution in [-0.4, -0.2) is 18.1 Å². The van der Waals surface area contributed by atoms with E-state index in [-0.39, 0.29) is 0 Å². The maximum Gasteiger partial charge on any atom is 0.0270 e. The zero-order valence-corrected chi connectivity index (χ0v) is 11.6. The summed E-state index contributed by atoms with van der Waals surface area (Å²) in [5.74, 6) is 0.937. The van der Waals surface area contributed by atoms with Crippen LogP contribution in [0.4, 0.5) is 0 Å². The van der Waals surface area contributed by atoms with Gasteiger partial charge in [-0.25, -0.2) is 0 Å². The lowest BCUT2D eigenvalue weighted by molar-refractivity contribution is 0.361. The molecule has 2 rings (SSSR count). The van der Waals surface area contributed by atoms with Gasteiger partial charge in [-0.05, 0) is 43.5 Å². The highest BCUT2D eigenvalue weighted by molar-refractivity contribution is 5.11. The van der Waals surface area contributed by atoms with Crippen LogP contribution in [0.5, 0.6) is 0 Å². The molecule has 0 aromatic carbocycles. The first-order valence-corrected chi connectivity index (χ1v) is 7.44. The molecule has 0 amide bonds. The van der Waals surface area contributed by atoms with Crippen molar-refractivity contribution >= 4 is 0 Å². The lowest BCUT2D eigenvalue weighted by atomic mass is 9.90. The Morgan fingerprint density at radius 2 is 1.83 bits per heavy atom. The van der Waals surface area contributed by atoms with Crippen LogP contribution in [0, 0.1) is 5.92 Å². The zero-order valence-electron chi connectivity index (χ0n) is 11.6. The predicted molar refractivity (Wildman–Crippen MR) is 76.6 cm³/mol. The third-order valence-electron chi connectivity index (χ3n) is 4.23. The molecule has 0 bridgehead atoms. The van der Waals surface area contributed by atoms with Gasteiger partial charge in [0.1, 0.15) is 0 Å². The van der Waals surface area contributed by atoms with Crippen molar-refractivity contribution in [1.29, 1.82) is 0 Å². The van der Waals surface area contributed by atoms with E-state index in [1.807, 2.05) is 12.4 Å². The highest BCUT2D eigenvalue weighted by atomic mass is 14.9. The fraction of sp³-hybridized carbons (Fsp3) is 0.688. The van der Waals surface area contributed by atoms with Crippen molar-refractivity contribution in [1.82, 2.24) is 10.3 Å². The maximum absolute atomic E-state index is 4.09. The van der Waals surface area contributed by atoms with Crippen LogP contribution in [0.25, 0.3) is 0 Å². The smallest absolute Gasteiger partial charge is 0.0270 e. The number of rotatable bonds is 5. The highest BCUT2D eigenvalue weighted by Crippen LogP contribution is 2.27. The summed E-state index contributed by atoms with van der Waals surface area (Å²) in [5.41, 5.74) is 1.40. The number of aromatic nitrogens is 1. The van der Waals surface area contributed by atoms with Crippen LogP contribution in [0.3, 0.4) is 0 Å². The van der Waals surface area contributed by atoms with Crippen molar-refractivity contribution in [3.63, 3.8) is 0 Å². The molecule has 1 N–H and O–H groups in total. The second-order valence-corrected chi connectivity index (χ2v) is 5.64. The van der Waals surface area contributed by atoms with Gasteiger partial charge in [0.2, 0.25) is 0 Å². The van der Waals surface area contributed by atoms with E-state index < -0.39 is 0 Å². The van der Waals surface area contributed by atoms with Crippen molar-refractivity contribution in [3.8, 4) is 0 Å². The van der Waals surface area contributed by atoms with E-state index in [1.54, 1.807) is 0 Å². The fourth-order valence-corrected chi connectivity index (χ4v) is 3.11. The quantitative estimate of drug-likeness (QED) is 0.803. The predicted octanol–water partition coefficient (Wildman–Crippen LogP) is 3.57. The van der Waals surface area contributed by atoms with Crippen molar-refractivity contribution in [2.45, 2.75) is 57.4 Å². The second-order valence-electron chi connectivity index (χ2n) is 5.64. The molecule has 100 valence electrons. The summed E-state index contributed by atoms with van der Waals surface area (Å²) in [6.07, 6.45) is 14.9. The van der Waals surface area contributed by atoms with E-state index in [4.69, 9.17) is 0 Å². The Morgan fingerprint density at radius 1 is 1.17 bits per heavy atom. The van der Waals surface area contributed by atoms with E-state index in [9.17, 15) is 0 Å². The minimum absolute atomic E-state index is 0.621. The van der Waals surface area contributed by atoms with Crippen molar-refractivity contribution in [3.05, 3.63) is 30.1 Å². The Labute approximate surface area is 111 Å². The monoisotopic (exact) mass is 246 g/mol. The molecule has 0 aliphatic heterocycles. The minimum atomic E-state index is 0.621. The number of pyridine rings is 1. The largest absolute Gasteiger partial charge is 0.317 e. The van der Waals surface area contributed by atoms with Gasteiger partial charge in [-0.1, -0.05) is 38.5 Å². The molecule has 1 atom stereocenters. The number of nitrogens with zero attached hydrogens (tertiary/aromatic N) is 1. The van der Waals surface area contributed by atoms with Gasteiger partial charge in [0.15, 0.2) is 0 Å². The molecule has 1 heterocycles. The summed E-state index contributed by atoms with van der Waals surface area (Å²) in [4.78, 5) is 4.09. The molecular weight excluding hydrogens is 220 g/mol. The molecule has 1 saturated carbocycles. The Kier molecular flexibility index (Phi) is 5.66. The molecule has 0 saturated heterocycles. The van der Waals surface area contributed by atoms with E-state index in [1.165, 1.54) is 50.5 Å². The molecule has 2 nitrogen and oxygen atoms in total. The standard InChI is InChI=1S/C16H26N2/c1-17-16(13-15-8-10-18-11-9-15)12-14-6-4-2-3-5-7-14/h8-11,14,16-17H,2-7,12-13H2,1H3. The Hall–Kier alpha value is -0.890. The number of nitrogens with one attached hydrogen (secondary N) is 1. The molecular formula is C16H26N2. The van der Waals surface area contributed by atoms with Crippen LogP contribution in [-0.2, 0) is 6.42 Å². The van der Waals surface area contributed by atoms with E-state index in [0.717, 1.165) is 12.3 Å². The first-order chi connectivity index (χ1) is 8.88. The van der Waals surface area contributed by atoms with E-state index in [2.05, 4.69) is 29.5 Å². The van der Waals surface area contributed by atoms with Gasteiger partial charge < -0.3 is 5.32 Å². The van der Waals surface area contributed by atoms with Gasteiger partial charge in [-0.2, -0.15) is 0 Å². The van der Waals surface area contributed by atoms with Crippen LogP contribution < -0.4 is 5.32 Å². The molecule has 2 heteroatoms. The summed E-state index contributed by atoms with van der Waals surface area (Å²) in [6.45, 7) is 0. The summed E-state index contributed by atoms with van der Waals surface area (Å²) in [7, 11) is 2.10. The van der Waals surface area contributed by atoms with Crippen LogP contribution in [0.2, 0.25) is 0 Å². The Morgan fingerprint density at radius 3 is 2.44 bits per heavy atom. The summed E-state index contributed by atoms with van der Waals surface area (Å²) >= 11 is 0. The average Bonchev–Trinajstić information content (AvgIpc) is 2.68. The van der Waals surface area contributed by atoms with E-state index in [0.29, 0.717) is 6.04 Å². The number of hydrogen-bond acceptors (Lipinski definition) is 2. The first kappa shape index (κ1) is 13.5. The summed E-state index contributed by atoms with van der Waals surface area (Å²) in [5, 5.41) is 3.50. The number of likely N-dealkylation sites (N-methyl/N-ethyl adjacent to an activating group) is 1. The summed E-state index contributed by atoms with van der Waals surface area (Å²) < 4.78 is 0. The third kappa shape index (κ3) is 4.41. The average molecular weight is 246 g/mol. The number of hydrogen-bond donors (Lipinski definition) is 1. The lowest BCUT2D eigenvalue weighted by Crippen LogP contribution is -2.30. The Bertz CT molecular complexity index is 315. The van der Waals surface area contributed by atoms with Crippen molar-refractivity contribution in [2.24, 2.45) is 5.92 Å². The normalized spacial score (nSPS) is 19.4. The van der Waals surface area contributed by atoms with Gasteiger partial charge in [-0.15, -0.1) is 0 Å². The lowest BCUT2D eigenvalue weighted by Gasteiger charge is -2.22. The first-order valence-electron chi connectivity index (χ1n) is 7.44. The van der Waals surface area contributed by atoms with Gasteiger partial charge in [0.05, 0.1) is 0 Å². The Balaban J connectivity index is 1.84. The SMILES string of the molecule is CNC(Cc1ccncc1)CC1CCCCCC1. The minimum Gasteiger partial charge on any atom is -0.317 e. The van der Waals surface area contributed by atoms with Crippen LogP contribution in [0.1, 0.15) is 50.5 Å². The molecule has 1 aliphatic carbocycles. The van der Waals surface area contributed by atoms with Crippen LogP contribution in [0.15, 0.2) is 24.5 Å². The molecule has 0 radical (unpaired) electrons. The molecule has 1 aromatic rings. The van der Waals surface area contributed by atoms with Gasteiger partial charge in [-0.3, -0.25) is 4.98 Å². The zero-order chi connectivity index (χ0) is 12.6. The van der Waals surface area contributed by atoms with Crippen molar-refractivity contribution < 1.29 is 0 Å². The highest BCUT2D eigenvalue weighted by Gasteiger charge is 2.17. The van der Waals surface area contributed by atoms with Crippen molar-refractivity contribution in [2.75, 3.05) is 7.05 Å². The van der Waals surface area contributed by atoms with Gasteiger partial charge >= 0.3 is 0 Å². The molecule has 1 aromatic heterocycles.